The van der Waals surface area contributed by atoms with E-state index in [-0.39, 0.29) is 18.2 Å². The number of aliphatic hydroxyl groups is 1. The van der Waals surface area contributed by atoms with Gasteiger partial charge in [0.05, 0.1) is 22.7 Å². The van der Waals surface area contributed by atoms with Crippen LogP contribution in [0.25, 0.3) is 0 Å². The molecule has 2 aliphatic heterocycles. The number of carbonyl (C=O) groups excluding carboxylic acids is 3. The van der Waals surface area contributed by atoms with E-state index in [0.29, 0.717) is 49.5 Å². The van der Waals surface area contributed by atoms with Gasteiger partial charge in [-0.1, -0.05) is 11.6 Å². The smallest absolute Gasteiger partial charge is 0.309 e. The van der Waals surface area contributed by atoms with Crippen molar-refractivity contribution in [3.8, 4) is 0 Å². The van der Waals surface area contributed by atoms with Gasteiger partial charge in [0, 0.05) is 25.2 Å². The molecule has 0 bridgehead atoms. The van der Waals surface area contributed by atoms with E-state index in [1.807, 2.05) is 12.1 Å². The zero-order chi connectivity index (χ0) is 22.8. The number of carbonyl (C=O) groups is 3. The Morgan fingerprint density at radius 1 is 1.32 bits per heavy atom. The van der Waals surface area contributed by atoms with Gasteiger partial charge in [0.15, 0.2) is 0 Å². The lowest BCUT2D eigenvalue weighted by Gasteiger charge is -2.39. The van der Waals surface area contributed by atoms with E-state index >= 15 is 0 Å². The number of hydrogen-bond acceptors (Lipinski definition) is 7. The van der Waals surface area contributed by atoms with Gasteiger partial charge in [-0.25, -0.2) is 0 Å². The average Bonchev–Trinajstić information content (AvgIpc) is 2.63. The van der Waals surface area contributed by atoms with Crippen LogP contribution in [0.2, 0.25) is 5.02 Å². The van der Waals surface area contributed by atoms with Crippen LogP contribution < -0.4 is 15.5 Å². The van der Waals surface area contributed by atoms with Crippen molar-refractivity contribution in [2.45, 2.75) is 70.1 Å². The summed E-state index contributed by atoms with van der Waals surface area (Å²) >= 11 is 6.50. The van der Waals surface area contributed by atoms with Crippen molar-refractivity contribution in [2.75, 3.05) is 23.3 Å². The summed E-state index contributed by atoms with van der Waals surface area (Å²) in [5.74, 6) is -0.990. The molecule has 1 atom stereocenters. The predicted molar refractivity (Wildman–Crippen MR) is 118 cm³/mol. The molecule has 0 radical (unpaired) electrons. The van der Waals surface area contributed by atoms with Crippen LogP contribution in [0, 0.1) is 0 Å². The molecule has 0 aliphatic carbocycles. The highest BCUT2D eigenvalue weighted by atomic mass is 35.5. The quantitative estimate of drug-likeness (QED) is 0.466. The average molecular weight is 452 g/mol. The Bertz CT molecular complexity index is 859. The first-order valence-corrected chi connectivity index (χ1v) is 10.9. The van der Waals surface area contributed by atoms with Crippen molar-refractivity contribution in [3.05, 3.63) is 23.2 Å². The third kappa shape index (κ3) is 6.33. The summed E-state index contributed by atoms with van der Waals surface area (Å²) in [6, 6.07) is 4.99. The molecule has 3 rings (SSSR count). The summed E-state index contributed by atoms with van der Waals surface area (Å²) in [5.41, 5.74) is -0.138. The number of anilines is 2. The number of imide groups is 1. The maximum atomic E-state index is 12.1. The number of hydrogen-bond donors (Lipinski definition) is 3. The molecule has 1 aromatic rings. The summed E-state index contributed by atoms with van der Waals surface area (Å²) in [6.07, 6.45) is 1.57. The number of piperidine rings is 2. The molecule has 2 amide bonds. The standard InChI is InChI=1S/C22H30ClN3O5/c1-21(2,3)31-19(28)13-22(30)8-10-26(11-9-22)17-6-4-14(12-15(17)23)24-16-5-7-18(27)25-20(16)29/h4,6,12,16,24,30H,5,7-11,13H2,1-3H3,(H,25,27,29). The fraction of sp³-hybridized carbons (Fsp3) is 0.591. The fourth-order valence-corrected chi connectivity index (χ4v) is 4.17. The van der Waals surface area contributed by atoms with Gasteiger partial charge in [0.1, 0.15) is 11.6 Å². The van der Waals surface area contributed by atoms with E-state index in [1.54, 1.807) is 26.8 Å². The van der Waals surface area contributed by atoms with Gasteiger partial charge in [0.25, 0.3) is 0 Å². The van der Waals surface area contributed by atoms with Crippen LogP contribution in [0.1, 0.15) is 52.9 Å². The maximum absolute atomic E-state index is 12.1. The van der Waals surface area contributed by atoms with E-state index in [1.165, 1.54) is 0 Å². The fourth-order valence-electron chi connectivity index (χ4n) is 3.87. The highest BCUT2D eigenvalue weighted by Crippen LogP contribution is 2.34. The number of ether oxygens (including phenoxy) is 1. The first-order chi connectivity index (χ1) is 14.4. The summed E-state index contributed by atoms with van der Waals surface area (Å²) in [5, 5.41) is 16.8. The van der Waals surface area contributed by atoms with Crippen molar-refractivity contribution in [1.29, 1.82) is 0 Å². The Labute approximate surface area is 187 Å². The molecule has 0 aromatic heterocycles. The Hall–Kier alpha value is -2.32. The van der Waals surface area contributed by atoms with Gasteiger partial charge < -0.3 is 20.1 Å². The molecule has 31 heavy (non-hydrogen) atoms. The Morgan fingerprint density at radius 2 is 2.00 bits per heavy atom. The molecule has 3 N–H and O–H groups in total. The van der Waals surface area contributed by atoms with Gasteiger partial charge in [-0.3, -0.25) is 19.7 Å². The summed E-state index contributed by atoms with van der Waals surface area (Å²) in [6.45, 7) is 6.52. The molecular weight excluding hydrogens is 422 g/mol. The first-order valence-electron chi connectivity index (χ1n) is 10.5. The summed E-state index contributed by atoms with van der Waals surface area (Å²) in [7, 11) is 0. The number of halogens is 1. The molecule has 2 heterocycles. The van der Waals surface area contributed by atoms with Crippen molar-refractivity contribution in [1.82, 2.24) is 5.32 Å². The van der Waals surface area contributed by atoms with E-state index in [0.717, 1.165) is 5.69 Å². The van der Waals surface area contributed by atoms with Crippen molar-refractivity contribution < 1.29 is 24.2 Å². The Kier molecular flexibility index (Phi) is 6.81. The molecule has 0 spiro atoms. The number of benzene rings is 1. The van der Waals surface area contributed by atoms with Crippen LogP contribution in [0.4, 0.5) is 11.4 Å². The monoisotopic (exact) mass is 451 g/mol. The van der Waals surface area contributed by atoms with Gasteiger partial charge in [0.2, 0.25) is 11.8 Å². The number of rotatable bonds is 5. The lowest BCUT2D eigenvalue weighted by Crippen LogP contribution is -2.47. The second-order valence-electron chi connectivity index (χ2n) is 9.29. The second kappa shape index (κ2) is 9.04. The van der Waals surface area contributed by atoms with Crippen LogP contribution in [0.15, 0.2) is 18.2 Å². The Morgan fingerprint density at radius 3 is 2.58 bits per heavy atom. The Balaban J connectivity index is 1.57. The van der Waals surface area contributed by atoms with Crippen LogP contribution in [-0.4, -0.2) is 53.2 Å². The topological polar surface area (TPSA) is 108 Å². The first kappa shape index (κ1) is 23.3. The van der Waals surface area contributed by atoms with Crippen molar-refractivity contribution in [2.24, 2.45) is 0 Å². The number of nitrogens with zero attached hydrogens (tertiary/aromatic N) is 1. The third-order valence-electron chi connectivity index (χ3n) is 5.46. The highest BCUT2D eigenvalue weighted by molar-refractivity contribution is 6.33. The number of esters is 1. The maximum Gasteiger partial charge on any atom is 0.309 e. The van der Waals surface area contributed by atoms with Gasteiger partial charge in [-0.2, -0.15) is 0 Å². The minimum atomic E-state index is -1.08. The molecule has 8 nitrogen and oxygen atoms in total. The van der Waals surface area contributed by atoms with Crippen molar-refractivity contribution >= 4 is 40.8 Å². The van der Waals surface area contributed by atoms with E-state index in [9.17, 15) is 19.5 Å². The number of nitrogens with one attached hydrogen (secondary N) is 2. The molecule has 2 saturated heterocycles. The zero-order valence-corrected chi connectivity index (χ0v) is 18.9. The SMILES string of the molecule is CC(C)(C)OC(=O)CC1(O)CCN(c2ccc(NC3CCC(=O)NC3=O)cc2Cl)CC1. The lowest BCUT2D eigenvalue weighted by molar-refractivity contribution is -0.161. The van der Waals surface area contributed by atoms with Gasteiger partial charge >= 0.3 is 5.97 Å². The lowest BCUT2D eigenvalue weighted by atomic mass is 9.88. The molecule has 170 valence electrons. The summed E-state index contributed by atoms with van der Waals surface area (Å²) < 4.78 is 5.34. The minimum absolute atomic E-state index is 0.0271. The van der Waals surface area contributed by atoms with Crippen LogP contribution >= 0.6 is 11.6 Å². The molecule has 9 heteroatoms. The van der Waals surface area contributed by atoms with Crippen molar-refractivity contribution in [3.63, 3.8) is 0 Å². The molecule has 2 aliphatic rings. The van der Waals surface area contributed by atoms with Crippen LogP contribution in [0.5, 0.6) is 0 Å². The molecule has 0 saturated carbocycles. The molecule has 1 unspecified atom stereocenters. The highest BCUT2D eigenvalue weighted by Gasteiger charge is 2.36. The summed E-state index contributed by atoms with van der Waals surface area (Å²) in [4.78, 5) is 37.4. The molecule has 1 aromatic carbocycles. The minimum Gasteiger partial charge on any atom is -0.460 e. The molecular formula is C22H30ClN3O5. The normalized spacial score (nSPS) is 21.5. The van der Waals surface area contributed by atoms with Gasteiger partial charge in [-0.05, 0) is 58.2 Å². The molecule has 2 fully saturated rings. The largest absolute Gasteiger partial charge is 0.460 e. The predicted octanol–water partition coefficient (Wildman–Crippen LogP) is 2.62. The van der Waals surface area contributed by atoms with E-state index in [4.69, 9.17) is 16.3 Å². The van der Waals surface area contributed by atoms with Crippen LogP contribution in [0.3, 0.4) is 0 Å². The third-order valence-corrected chi connectivity index (χ3v) is 5.76. The zero-order valence-electron chi connectivity index (χ0n) is 18.2. The van der Waals surface area contributed by atoms with E-state index in [2.05, 4.69) is 15.5 Å². The van der Waals surface area contributed by atoms with E-state index < -0.39 is 23.2 Å². The number of amides is 2. The second-order valence-corrected chi connectivity index (χ2v) is 9.70. The van der Waals surface area contributed by atoms with Crippen LogP contribution in [-0.2, 0) is 19.1 Å². The van der Waals surface area contributed by atoms with Gasteiger partial charge in [-0.15, -0.1) is 0 Å².